The molecule has 0 aliphatic carbocycles. The number of H-pyrrole nitrogens is 1. The lowest BCUT2D eigenvalue weighted by Gasteiger charge is -2.19. The molecule has 4 N–H and O–H groups in total. The monoisotopic (exact) mass is 258 g/mol. The van der Waals surface area contributed by atoms with Crippen molar-refractivity contribution in [2.75, 3.05) is 6.61 Å². The Labute approximate surface area is 98.8 Å². The van der Waals surface area contributed by atoms with Gasteiger partial charge in [-0.2, -0.15) is 0 Å². The highest BCUT2D eigenvalue weighted by atomic mass is 16.9. The van der Waals surface area contributed by atoms with Crippen LogP contribution in [0.4, 0.5) is 0 Å². The molecule has 98 valence electrons. The molecule has 9 nitrogen and oxygen atoms in total. The Hall–Kier alpha value is -1.52. The van der Waals surface area contributed by atoms with E-state index in [0.29, 0.717) is 0 Å². The van der Waals surface area contributed by atoms with Crippen LogP contribution in [0.1, 0.15) is 6.23 Å². The van der Waals surface area contributed by atoms with Gasteiger partial charge in [0.1, 0.15) is 6.10 Å². The van der Waals surface area contributed by atoms with Crippen LogP contribution in [0.25, 0.3) is 0 Å². The Morgan fingerprint density at radius 3 is 2.67 bits per heavy atom. The predicted octanol–water partition coefficient (Wildman–Crippen LogP) is -3.17. The molecule has 2 aliphatic rings. The van der Waals surface area contributed by atoms with Gasteiger partial charge in [0.15, 0.2) is 6.23 Å². The molecule has 1 aromatic heterocycles. The van der Waals surface area contributed by atoms with E-state index in [4.69, 9.17) is 14.6 Å². The van der Waals surface area contributed by atoms with Crippen molar-refractivity contribution in [3.8, 4) is 0 Å². The number of hydrogen-bond acceptors (Lipinski definition) is 7. The Bertz CT molecular complexity index is 609. The highest BCUT2D eigenvalue weighted by molar-refractivity contribution is 5.14. The minimum atomic E-state index is -2.11. The van der Waals surface area contributed by atoms with Gasteiger partial charge in [0.05, 0.1) is 6.61 Å². The van der Waals surface area contributed by atoms with Crippen LogP contribution < -0.4 is 11.2 Å². The third kappa shape index (κ3) is 1.22. The van der Waals surface area contributed by atoms with E-state index in [9.17, 15) is 19.8 Å². The Morgan fingerprint density at radius 1 is 1.39 bits per heavy atom. The third-order valence-corrected chi connectivity index (χ3v) is 3.12. The van der Waals surface area contributed by atoms with Crippen LogP contribution >= 0.6 is 0 Å². The van der Waals surface area contributed by atoms with Gasteiger partial charge < -0.3 is 24.8 Å². The van der Waals surface area contributed by atoms with Crippen molar-refractivity contribution in [2.45, 2.75) is 23.9 Å². The van der Waals surface area contributed by atoms with Crippen molar-refractivity contribution in [1.82, 2.24) is 9.55 Å². The summed E-state index contributed by atoms with van der Waals surface area (Å²) in [5.74, 6) is -4.15. The van der Waals surface area contributed by atoms with E-state index in [1.807, 2.05) is 4.98 Å². The van der Waals surface area contributed by atoms with E-state index in [0.717, 1.165) is 16.8 Å². The van der Waals surface area contributed by atoms with Crippen LogP contribution in [-0.2, 0) is 9.47 Å². The fraction of sp³-hybridized carbons (Fsp3) is 0.556. The summed E-state index contributed by atoms with van der Waals surface area (Å²) in [7, 11) is 0. The fourth-order valence-electron chi connectivity index (χ4n) is 2.11. The summed E-state index contributed by atoms with van der Waals surface area (Å²) in [5.41, 5.74) is -1.43. The lowest BCUT2D eigenvalue weighted by molar-refractivity contribution is -0.182. The van der Waals surface area contributed by atoms with Crippen LogP contribution in [-0.4, -0.2) is 49.2 Å². The largest absolute Gasteiger partial charge is 0.393 e. The van der Waals surface area contributed by atoms with Crippen LogP contribution in [0, 0.1) is 0 Å². The number of rotatable bonds is 2. The second-order valence-corrected chi connectivity index (χ2v) is 4.17. The summed E-state index contributed by atoms with van der Waals surface area (Å²) in [5, 5.41) is 28.8. The number of hydrogen-bond donors (Lipinski definition) is 4. The van der Waals surface area contributed by atoms with Crippen molar-refractivity contribution in [2.24, 2.45) is 0 Å². The summed E-state index contributed by atoms with van der Waals surface area (Å²) in [6.45, 7) is -0.590. The zero-order valence-corrected chi connectivity index (χ0v) is 8.94. The summed E-state index contributed by atoms with van der Waals surface area (Å²) >= 11 is 0. The fourth-order valence-corrected chi connectivity index (χ4v) is 2.11. The van der Waals surface area contributed by atoms with Gasteiger partial charge in [-0.15, -0.1) is 0 Å². The summed E-state index contributed by atoms with van der Waals surface area (Å²) in [4.78, 5) is 24.4. The average Bonchev–Trinajstić information content (AvgIpc) is 2.79. The first-order valence-corrected chi connectivity index (χ1v) is 5.15. The molecule has 0 bridgehead atoms. The van der Waals surface area contributed by atoms with Gasteiger partial charge in [0.25, 0.3) is 17.1 Å². The lowest BCUT2D eigenvalue weighted by atomic mass is 10.1. The number of aliphatic hydroxyl groups excluding tert-OH is 1. The minimum absolute atomic E-state index is 0.590. The molecule has 1 aromatic rings. The maximum absolute atomic E-state index is 11.5. The summed E-state index contributed by atoms with van der Waals surface area (Å²) < 4.78 is 10.8. The van der Waals surface area contributed by atoms with Gasteiger partial charge >= 0.3 is 5.69 Å². The van der Waals surface area contributed by atoms with Gasteiger partial charge in [-0.1, -0.05) is 0 Å². The van der Waals surface area contributed by atoms with Crippen molar-refractivity contribution in [3.05, 3.63) is 33.1 Å². The number of epoxide rings is 1. The Morgan fingerprint density at radius 2 is 2.11 bits per heavy atom. The highest BCUT2D eigenvalue weighted by Crippen LogP contribution is 2.59. The maximum Gasteiger partial charge on any atom is 0.330 e. The molecule has 0 spiro atoms. The van der Waals surface area contributed by atoms with Crippen molar-refractivity contribution in [1.29, 1.82) is 0 Å². The Balaban J connectivity index is 2.04. The van der Waals surface area contributed by atoms with Crippen LogP contribution in [0.15, 0.2) is 21.9 Å². The van der Waals surface area contributed by atoms with Gasteiger partial charge in [-0.3, -0.25) is 14.3 Å². The predicted molar refractivity (Wildman–Crippen MR) is 53.3 cm³/mol. The number of aromatic amines is 1. The molecule has 2 fully saturated rings. The first kappa shape index (κ1) is 11.6. The van der Waals surface area contributed by atoms with E-state index < -0.39 is 41.8 Å². The van der Waals surface area contributed by atoms with Crippen molar-refractivity contribution >= 4 is 0 Å². The van der Waals surface area contributed by atoms with Crippen LogP contribution in [0.2, 0.25) is 0 Å². The molecule has 0 saturated carbocycles. The third-order valence-electron chi connectivity index (χ3n) is 3.12. The van der Waals surface area contributed by atoms with Gasteiger partial charge in [-0.05, 0) is 0 Å². The number of nitrogens with one attached hydrogen (secondary N) is 1. The molecule has 2 aliphatic heterocycles. The second kappa shape index (κ2) is 3.28. The zero-order valence-electron chi connectivity index (χ0n) is 8.94. The molecular formula is C9H10N2O7. The summed E-state index contributed by atoms with van der Waals surface area (Å²) in [6, 6.07) is 1.06. The quantitative estimate of drug-likeness (QED) is 0.411. The van der Waals surface area contributed by atoms with Gasteiger partial charge in [0, 0.05) is 12.3 Å². The number of ether oxygens (including phenoxy) is 2. The number of fused-ring (bicyclic) bond motifs is 1. The van der Waals surface area contributed by atoms with E-state index in [2.05, 4.69) is 0 Å². The maximum atomic E-state index is 11.5. The molecule has 0 radical (unpaired) electrons. The lowest BCUT2D eigenvalue weighted by Crippen LogP contribution is -2.38. The van der Waals surface area contributed by atoms with E-state index in [1.54, 1.807) is 0 Å². The summed E-state index contributed by atoms with van der Waals surface area (Å²) in [6.07, 6.45) is -1.42. The van der Waals surface area contributed by atoms with E-state index in [1.165, 1.54) is 0 Å². The van der Waals surface area contributed by atoms with Gasteiger partial charge in [0.2, 0.25) is 0 Å². The molecule has 3 heterocycles. The number of aromatic nitrogens is 2. The molecule has 1 unspecified atom stereocenters. The van der Waals surface area contributed by atoms with Crippen LogP contribution in [0.5, 0.6) is 0 Å². The molecule has 4 atom stereocenters. The first-order valence-electron chi connectivity index (χ1n) is 5.15. The minimum Gasteiger partial charge on any atom is -0.393 e. The van der Waals surface area contributed by atoms with E-state index >= 15 is 0 Å². The smallest absolute Gasteiger partial charge is 0.330 e. The van der Waals surface area contributed by atoms with Crippen molar-refractivity contribution in [3.63, 3.8) is 0 Å². The normalized spacial score (nSPS) is 41.7. The zero-order chi connectivity index (χ0) is 13.1. The second-order valence-electron chi connectivity index (χ2n) is 4.17. The molecule has 0 amide bonds. The Kier molecular flexibility index (Phi) is 2.10. The SMILES string of the molecule is O=c1ccn(C2O[C@H](CO)[C@@]3(O)O[C@@]23O)c(=O)[nH]1. The van der Waals surface area contributed by atoms with E-state index in [-0.39, 0.29) is 0 Å². The molecule has 18 heavy (non-hydrogen) atoms. The topological polar surface area (TPSA) is 137 Å². The van der Waals surface area contributed by atoms with Crippen molar-refractivity contribution < 1.29 is 24.8 Å². The molecule has 9 heteroatoms. The average molecular weight is 258 g/mol. The number of nitrogens with zero attached hydrogens (tertiary/aromatic N) is 1. The standard InChI is InChI=1S/C9H10N2O7/c12-3-4-8(15)9(16,18-8)6(17-4)11-2-1-5(13)10-7(11)14/h1-2,4,6,12,15-16H,3H2,(H,10,13,14)/t4-,6?,8-,9+/m1/s1. The first-order chi connectivity index (χ1) is 8.42. The molecule has 3 rings (SSSR count). The highest BCUT2D eigenvalue weighted by Gasteiger charge is 2.84. The van der Waals surface area contributed by atoms with Gasteiger partial charge in [-0.25, -0.2) is 4.79 Å². The molecule has 2 saturated heterocycles. The molecule has 0 aromatic carbocycles. The molecular weight excluding hydrogens is 248 g/mol. The van der Waals surface area contributed by atoms with Crippen LogP contribution in [0.3, 0.4) is 0 Å². The number of aliphatic hydroxyl groups is 3.